The summed E-state index contributed by atoms with van der Waals surface area (Å²) >= 11 is 6.18. The van der Waals surface area contributed by atoms with Gasteiger partial charge in [0.05, 0.1) is 7.11 Å². The summed E-state index contributed by atoms with van der Waals surface area (Å²) in [5, 5.41) is 0.641. The van der Waals surface area contributed by atoms with Crippen LogP contribution in [0.1, 0.15) is 46.3 Å². The van der Waals surface area contributed by atoms with E-state index in [9.17, 15) is 9.59 Å². The van der Waals surface area contributed by atoms with Crippen molar-refractivity contribution in [2.45, 2.75) is 40.0 Å². The van der Waals surface area contributed by atoms with Gasteiger partial charge in [0.2, 0.25) is 0 Å². The zero-order chi connectivity index (χ0) is 14.6. The highest BCUT2D eigenvalue weighted by atomic mass is 35.5. The molecule has 4 heteroatoms. The van der Waals surface area contributed by atoms with Crippen molar-refractivity contribution in [3.8, 4) is 0 Å². The summed E-state index contributed by atoms with van der Waals surface area (Å²) in [5.74, 6) is -0.260. The van der Waals surface area contributed by atoms with Gasteiger partial charge >= 0.3 is 5.97 Å². The molecule has 0 spiro atoms. The van der Waals surface area contributed by atoms with Gasteiger partial charge in [0.25, 0.3) is 0 Å². The fourth-order valence-electron chi connectivity index (χ4n) is 2.21. The van der Waals surface area contributed by atoms with Gasteiger partial charge in [-0.3, -0.25) is 9.59 Å². The molecular weight excluding hydrogens is 264 g/mol. The van der Waals surface area contributed by atoms with Crippen LogP contribution in [0.5, 0.6) is 0 Å². The van der Waals surface area contributed by atoms with E-state index in [-0.39, 0.29) is 18.2 Å². The third kappa shape index (κ3) is 3.80. The number of aryl methyl sites for hydroxylation is 2. The van der Waals surface area contributed by atoms with Gasteiger partial charge in [0.15, 0.2) is 5.78 Å². The maximum absolute atomic E-state index is 12.2. The smallest absolute Gasteiger partial charge is 0.305 e. The van der Waals surface area contributed by atoms with E-state index in [1.54, 1.807) is 0 Å². The number of rotatable bonds is 5. The molecule has 0 unspecified atom stereocenters. The van der Waals surface area contributed by atoms with E-state index in [0.29, 0.717) is 23.4 Å². The van der Waals surface area contributed by atoms with Gasteiger partial charge in [0, 0.05) is 23.4 Å². The van der Waals surface area contributed by atoms with Crippen LogP contribution in [-0.4, -0.2) is 18.9 Å². The summed E-state index contributed by atoms with van der Waals surface area (Å²) in [4.78, 5) is 23.2. The fourth-order valence-corrected chi connectivity index (χ4v) is 2.36. The number of benzene rings is 1. The molecule has 0 aliphatic heterocycles. The van der Waals surface area contributed by atoms with Crippen molar-refractivity contribution in [1.29, 1.82) is 0 Å². The zero-order valence-electron chi connectivity index (χ0n) is 11.8. The largest absolute Gasteiger partial charge is 0.469 e. The lowest BCUT2D eigenvalue weighted by Crippen LogP contribution is -2.08. The number of halogens is 1. The van der Waals surface area contributed by atoms with E-state index in [1.807, 2.05) is 26.8 Å². The van der Waals surface area contributed by atoms with E-state index >= 15 is 0 Å². The molecule has 0 fully saturated rings. The summed E-state index contributed by atoms with van der Waals surface area (Å²) in [6.45, 7) is 5.69. The van der Waals surface area contributed by atoms with Crippen LogP contribution in [0.3, 0.4) is 0 Å². The molecule has 0 heterocycles. The number of hydrogen-bond donors (Lipinski definition) is 0. The van der Waals surface area contributed by atoms with E-state index in [1.165, 1.54) is 7.11 Å². The summed E-state index contributed by atoms with van der Waals surface area (Å²) in [6.07, 6.45) is 1.09. The Hall–Kier alpha value is -1.35. The predicted octanol–water partition coefficient (Wildman–Crippen LogP) is 3.79. The van der Waals surface area contributed by atoms with Crippen LogP contribution in [0.15, 0.2) is 6.07 Å². The first-order valence-corrected chi connectivity index (χ1v) is 6.62. The van der Waals surface area contributed by atoms with Crippen LogP contribution < -0.4 is 0 Å². The average Bonchev–Trinajstić information content (AvgIpc) is 2.35. The molecule has 0 N–H and O–H groups in total. The molecule has 0 amide bonds. The molecule has 3 nitrogen and oxygen atoms in total. The molecule has 0 bridgehead atoms. The molecule has 0 saturated heterocycles. The van der Waals surface area contributed by atoms with Crippen LogP contribution in [0.4, 0.5) is 0 Å². The second-order valence-corrected chi connectivity index (χ2v) is 5.06. The minimum Gasteiger partial charge on any atom is -0.469 e. The molecule has 19 heavy (non-hydrogen) atoms. The third-order valence-electron chi connectivity index (χ3n) is 3.17. The zero-order valence-corrected chi connectivity index (χ0v) is 12.6. The highest BCUT2D eigenvalue weighted by molar-refractivity contribution is 6.32. The van der Waals surface area contributed by atoms with Crippen molar-refractivity contribution < 1.29 is 14.3 Å². The number of methoxy groups -OCH3 is 1. The van der Waals surface area contributed by atoms with E-state index in [2.05, 4.69) is 4.74 Å². The van der Waals surface area contributed by atoms with Gasteiger partial charge in [-0.2, -0.15) is 0 Å². The number of hydrogen-bond acceptors (Lipinski definition) is 3. The lowest BCUT2D eigenvalue weighted by Gasteiger charge is -2.12. The van der Waals surface area contributed by atoms with Crippen molar-refractivity contribution in [2.24, 2.45) is 0 Å². The highest BCUT2D eigenvalue weighted by Gasteiger charge is 2.16. The second kappa shape index (κ2) is 6.71. The number of carbonyl (C=O) groups is 2. The lowest BCUT2D eigenvalue weighted by molar-refractivity contribution is -0.140. The van der Waals surface area contributed by atoms with E-state index < -0.39 is 0 Å². The van der Waals surface area contributed by atoms with Gasteiger partial charge in [-0.1, -0.05) is 17.7 Å². The van der Waals surface area contributed by atoms with Crippen LogP contribution in [0.2, 0.25) is 5.02 Å². The standard InChI is InChI=1S/C15H19ClO3/c1-9-8-10(2)15(16)11(3)14(9)12(17)6-5-7-13(18)19-4/h8H,5-7H2,1-4H3. The topological polar surface area (TPSA) is 43.4 Å². The Balaban J connectivity index is 2.83. The summed E-state index contributed by atoms with van der Waals surface area (Å²) in [6, 6.07) is 1.92. The van der Waals surface area contributed by atoms with Gasteiger partial charge < -0.3 is 4.74 Å². The number of esters is 1. The fraction of sp³-hybridized carbons (Fsp3) is 0.467. The Labute approximate surface area is 118 Å². The first kappa shape index (κ1) is 15.7. The minimum absolute atomic E-state index is 0.0285. The van der Waals surface area contributed by atoms with E-state index in [4.69, 9.17) is 11.6 Å². The molecule has 1 aromatic rings. The summed E-state index contributed by atoms with van der Waals surface area (Å²) in [5.41, 5.74) is 3.41. The highest BCUT2D eigenvalue weighted by Crippen LogP contribution is 2.27. The molecule has 0 aliphatic rings. The average molecular weight is 283 g/mol. The van der Waals surface area contributed by atoms with Crippen molar-refractivity contribution in [1.82, 2.24) is 0 Å². The summed E-state index contributed by atoms with van der Waals surface area (Å²) in [7, 11) is 1.35. The molecule has 0 aromatic heterocycles. The molecule has 0 saturated carbocycles. The third-order valence-corrected chi connectivity index (χ3v) is 3.75. The minimum atomic E-state index is -0.289. The second-order valence-electron chi connectivity index (χ2n) is 4.68. The van der Waals surface area contributed by atoms with Crippen LogP contribution in [-0.2, 0) is 9.53 Å². The molecule has 0 radical (unpaired) electrons. The Morgan fingerprint density at radius 3 is 2.37 bits per heavy atom. The predicted molar refractivity (Wildman–Crippen MR) is 75.9 cm³/mol. The maximum Gasteiger partial charge on any atom is 0.305 e. The van der Waals surface area contributed by atoms with Gasteiger partial charge in [-0.15, -0.1) is 0 Å². The monoisotopic (exact) mass is 282 g/mol. The molecule has 0 aliphatic carbocycles. The first-order chi connectivity index (χ1) is 8.88. The Kier molecular flexibility index (Phi) is 5.55. The maximum atomic E-state index is 12.2. The Morgan fingerprint density at radius 1 is 1.16 bits per heavy atom. The van der Waals surface area contributed by atoms with Crippen molar-refractivity contribution in [2.75, 3.05) is 7.11 Å². The van der Waals surface area contributed by atoms with Gasteiger partial charge in [-0.05, 0) is 43.9 Å². The van der Waals surface area contributed by atoms with Gasteiger partial charge in [-0.25, -0.2) is 0 Å². The van der Waals surface area contributed by atoms with Crippen molar-refractivity contribution >= 4 is 23.4 Å². The van der Waals surface area contributed by atoms with Crippen molar-refractivity contribution in [3.63, 3.8) is 0 Å². The molecule has 1 aromatic carbocycles. The number of Topliss-reactive ketones (excluding diaryl/α,β-unsaturated/α-hetero) is 1. The Morgan fingerprint density at radius 2 is 1.79 bits per heavy atom. The number of ether oxygens (including phenoxy) is 1. The van der Waals surface area contributed by atoms with Crippen LogP contribution in [0.25, 0.3) is 0 Å². The molecule has 104 valence electrons. The molecule has 1 rings (SSSR count). The number of ketones is 1. The SMILES string of the molecule is COC(=O)CCCC(=O)c1c(C)cc(C)c(Cl)c1C. The van der Waals surface area contributed by atoms with Crippen molar-refractivity contribution in [3.05, 3.63) is 33.3 Å². The normalized spacial score (nSPS) is 10.4. The lowest BCUT2D eigenvalue weighted by atomic mass is 9.94. The quantitative estimate of drug-likeness (QED) is 0.609. The first-order valence-electron chi connectivity index (χ1n) is 6.24. The van der Waals surface area contributed by atoms with Crippen LogP contribution >= 0.6 is 11.6 Å². The molecule has 0 atom stereocenters. The molecular formula is C15H19ClO3. The summed E-state index contributed by atoms with van der Waals surface area (Å²) < 4.78 is 4.55. The number of carbonyl (C=O) groups excluding carboxylic acids is 2. The van der Waals surface area contributed by atoms with Gasteiger partial charge in [0.1, 0.15) is 0 Å². The Bertz CT molecular complexity index is 507. The van der Waals surface area contributed by atoms with Crippen LogP contribution in [0, 0.1) is 20.8 Å². The van der Waals surface area contributed by atoms with E-state index in [0.717, 1.165) is 16.7 Å².